The van der Waals surface area contributed by atoms with E-state index < -0.39 is 0 Å². The van der Waals surface area contributed by atoms with Gasteiger partial charge in [-0.2, -0.15) is 0 Å². The van der Waals surface area contributed by atoms with Crippen LogP contribution >= 0.6 is 24.0 Å². The Bertz CT molecular complexity index is 981. The Balaban J connectivity index is 1.26. The van der Waals surface area contributed by atoms with Crippen molar-refractivity contribution in [1.82, 2.24) is 4.90 Å². The van der Waals surface area contributed by atoms with Gasteiger partial charge in [0.15, 0.2) is 0 Å². The number of carbonyl (C=O) groups is 1. The predicted octanol–water partition coefficient (Wildman–Crippen LogP) is 5.97. The lowest BCUT2D eigenvalue weighted by Crippen LogP contribution is -2.57. The maximum absolute atomic E-state index is 13.3. The summed E-state index contributed by atoms with van der Waals surface area (Å²) in [5.74, 6) is 4.66. The molecule has 29 heavy (non-hydrogen) atoms. The van der Waals surface area contributed by atoms with Crippen molar-refractivity contribution in [1.29, 1.82) is 0 Å². The number of benzene rings is 1. The van der Waals surface area contributed by atoms with Gasteiger partial charge in [0.25, 0.3) is 5.91 Å². The molecular weight excluding hydrogens is 398 g/mol. The van der Waals surface area contributed by atoms with Gasteiger partial charge >= 0.3 is 0 Å². The Hall–Kier alpha value is -1.85. The van der Waals surface area contributed by atoms with Crippen molar-refractivity contribution in [3.8, 4) is 11.3 Å². The Morgan fingerprint density at radius 3 is 2.34 bits per heavy atom. The lowest BCUT2D eigenvalue weighted by Gasteiger charge is -2.56. The molecule has 1 aromatic heterocycles. The van der Waals surface area contributed by atoms with E-state index >= 15 is 0 Å². The van der Waals surface area contributed by atoms with Crippen LogP contribution in [-0.4, -0.2) is 21.2 Å². The fourth-order valence-electron chi connectivity index (χ4n) is 6.37. The normalized spacial score (nSPS) is 34.6. The smallest absolute Gasteiger partial charge is 0.266 e. The van der Waals surface area contributed by atoms with Crippen LogP contribution in [0, 0.1) is 23.7 Å². The van der Waals surface area contributed by atoms with Gasteiger partial charge in [-0.25, -0.2) is 0 Å². The van der Waals surface area contributed by atoms with E-state index in [0.717, 1.165) is 27.5 Å². The van der Waals surface area contributed by atoms with Crippen LogP contribution in [-0.2, 0) is 4.79 Å². The third kappa shape index (κ3) is 3.01. The molecule has 148 valence electrons. The molecule has 5 heteroatoms. The molecule has 1 amide bonds. The van der Waals surface area contributed by atoms with Crippen LogP contribution < -0.4 is 0 Å². The number of hydrogen-bond donors (Lipinski definition) is 0. The molecule has 5 aliphatic rings. The molecule has 2 heterocycles. The van der Waals surface area contributed by atoms with Crippen molar-refractivity contribution >= 4 is 40.3 Å². The molecule has 4 aliphatic carbocycles. The molecule has 0 spiro atoms. The number of thiocarbonyl (C=S) groups is 1. The minimum absolute atomic E-state index is 0.0788. The summed E-state index contributed by atoms with van der Waals surface area (Å²) in [6.45, 7) is 0. The third-order valence-corrected chi connectivity index (χ3v) is 8.59. The van der Waals surface area contributed by atoms with Gasteiger partial charge < -0.3 is 4.42 Å². The fourth-order valence-corrected chi connectivity index (χ4v) is 7.70. The van der Waals surface area contributed by atoms with E-state index in [-0.39, 0.29) is 5.91 Å². The molecule has 3 nitrogen and oxygen atoms in total. The summed E-state index contributed by atoms with van der Waals surface area (Å²) in [5.41, 5.74) is 1.04. The summed E-state index contributed by atoms with van der Waals surface area (Å²) in [6, 6.07) is 14.2. The zero-order chi connectivity index (χ0) is 19.5. The topological polar surface area (TPSA) is 33.5 Å². The molecule has 4 bridgehead atoms. The first-order chi connectivity index (χ1) is 14.2. The molecule has 0 unspecified atom stereocenters. The summed E-state index contributed by atoms with van der Waals surface area (Å²) in [7, 11) is 0. The predicted molar refractivity (Wildman–Crippen MR) is 120 cm³/mol. The van der Waals surface area contributed by atoms with Gasteiger partial charge in [-0.1, -0.05) is 54.3 Å². The Kier molecular flexibility index (Phi) is 4.24. The molecule has 0 N–H and O–H groups in total. The highest BCUT2D eigenvalue weighted by Crippen LogP contribution is 2.56. The van der Waals surface area contributed by atoms with Crippen LogP contribution in [0.5, 0.6) is 0 Å². The minimum Gasteiger partial charge on any atom is -0.457 e. The van der Waals surface area contributed by atoms with Crippen molar-refractivity contribution < 1.29 is 9.21 Å². The Morgan fingerprint density at radius 2 is 1.66 bits per heavy atom. The first-order valence-corrected chi connectivity index (χ1v) is 11.8. The molecule has 2 aromatic rings. The van der Waals surface area contributed by atoms with E-state index in [1.807, 2.05) is 53.4 Å². The van der Waals surface area contributed by atoms with Gasteiger partial charge in [0.1, 0.15) is 15.8 Å². The van der Waals surface area contributed by atoms with E-state index in [4.69, 9.17) is 16.6 Å². The molecule has 0 atom stereocenters. The summed E-state index contributed by atoms with van der Waals surface area (Å²) in [4.78, 5) is 16.0. The van der Waals surface area contributed by atoms with Crippen molar-refractivity contribution in [2.45, 2.75) is 38.1 Å². The lowest BCUT2D eigenvalue weighted by atomic mass is 9.54. The Morgan fingerprint density at radius 1 is 0.966 bits per heavy atom. The number of thioether (sulfide) groups is 1. The highest BCUT2D eigenvalue weighted by molar-refractivity contribution is 8.26. The number of rotatable bonds is 3. The second kappa shape index (κ2) is 6.85. The van der Waals surface area contributed by atoms with Crippen molar-refractivity contribution in [2.24, 2.45) is 23.7 Å². The van der Waals surface area contributed by atoms with Crippen LogP contribution in [0.4, 0.5) is 0 Å². The molecule has 4 saturated carbocycles. The highest BCUT2D eigenvalue weighted by atomic mass is 32.2. The summed E-state index contributed by atoms with van der Waals surface area (Å²) in [5, 5.41) is 0. The van der Waals surface area contributed by atoms with Gasteiger partial charge in [0.05, 0.1) is 4.91 Å². The van der Waals surface area contributed by atoms with E-state index in [1.165, 1.54) is 43.9 Å². The molecule has 7 rings (SSSR count). The van der Waals surface area contributed by atoms with E-state index in [9.17, 15) is 4.79 Å². The number of carbonyl (C=O) groups excluding carboxylic acids is 1. The van der Waals surface area contributed by atoms with E-state index in [2.05, 4.69) is 0 Å². The maximum Gasteiger partial charge on any atom is 0.266 e. The maximum atomic E-state index is 13.3. The van der Waals surface area contributed by atoms with Gasteiger partial charge in [0, 0.05) is 17.7 Å². The van der Waals surface area contributed by atoms with Gasteiger partial charge in [0.2, 0.25) is 0 Å². The number of amides is 1. The average molecular weight is 422 g/mol. The number of nitrogens with zero attached hydrogens (tertiary/aromatic N) is 1. The zero-order valence-electron chi connectivity index (χ0n) is 16.1. The minimum atomic E-state index is 0.0788. The molecule has 5 fully saturated rings. The van der Waals surface area contributed by atoms with Crippen LogP contribution in [0.25, 0.3) is 17.4 Å². The summed E-state index contributed by atoms with van der Waals surface area (Å²) in [6.07, 6.45) is 8.42. The summed E-state index contributed by atoms with van der Waals surface area (Å²) < 4.78 is 6.72. The van der Waals surface area contributed by atoms with Crippen molar-refractivity contribution in [3.05, 3.63) is 53.1 Å². The average Bonchev–Trinajstić information content (AvgIpc) is 3.28. The van der Waals surface area contributed by atoms with E-state index in [0.29, 0.717) is 28.5 Å². The van der Waals surface area contributed by atoms with Crippen LogP contribution in [0.15, 0.2) is 51.8 Å². The quantitative estimate of drug-likeness (QED) is 0.451. The standard InChI is InChI=1S/C24H23NO2S2/c26-23-21(13-19-6-7-20(27-19)16-4-2-1-3-5-16)29-24(28)25(23)22-17-9-14-8-15(11-17)12-18(22)10-14/h1-7,13-15,17-18,22H,8-12H2/b21-13-. The highest BCUT2D eigenvalue weighted by Gasteiger charge is 2.53. The first kappa shape index (κ1) is 18.0. The first-order valence-electron chi connectivity index (χ1n) is 10.6. The van der Waals surface area contributed by atoms with E-state index in [1.54, 1.807) is 0 Å². The second-order valence-corrected chi connectivity index (χ2v) is 10.7. The Labute approximate surface area is 180 Å². The third-order valence-electron chi connectivity index (χ3n) is 7.26. The van der Waals surface area contributed by atoms with Crippen molar-refractivity contribution in [2.75, 3.05) is 0 Å². The number of hydrogen-bond acceptors (Lipinski definition) is 4. The number of furan rings is 1. The monoisotopic (exact) mass is 421 g/mol. The fraction of sp³-hybridized carbons (Fsp3) is 0.417. The van der Waals surface area contributed by atoms with Gasteiger partial charge in [-0.3, -0.25) is 9.69 Å². The zero-order valence-corrected chi connectivity index (χ0v) is 17.8. The SMILES string of the molecule is O=C1/C(=C/c2ccc(-c3ccccc3)o2)SC(=S)N1C1C2CC3CC(C2)CC1C3. The molecular formula is C24H23NO2S2. The largest absolute Gasteiger partial charge is 0.457 e. The van der Waals surface area contributed by atoms with Crippen LogP contribution in [0.2, 0.25) is 0 Å². The summed E-state index contributed by atoms with van der Waals surface area (Å²) >= 11 is 7.12. The van der Waals surface area contributed by atoms with Gasteiger partial charge in [-0.15, -0.1) is 0 Å². The second-order valence-electron chi connectivity index (χ2n) is 9.04. The molecule has 1 aliphatic heterocycles. The molecule has 1 saturated heterocycles. The lowest BCUT2D eigenvalue weighted by molar-refractivity contribution is -0.130. The molecule has 1 aromatic carbocycles. The van der Waals surface area contributed by atoms with Crippen LogP contribution in [0.1, 0.15) is 37.9 Å². The van der Waals surface area contributed by atoms with Gasteiger partial charge in [-0.05, 0) is 67.9 Å². The van der Waals surface area contributed by atoms with Crippen LogP contribution in [0.3, 0.4) is 0 Å². The van der Waals surface area contributed by atoms with Crippen molar-refractivity contribution in [3.63, 3.8) is 0 Å². The molecule has 0 radical (unpaired) electrons.